The van der Waals surface area contributed by atoms with Gasteiger partial charge in [0.2, 0.25) is 0 Å². The van der Waals surface area contributed by atoms with Gasteiger partial charge in [-0.2, -0.15) is 0 Å². The number of aromatic carboxylic acids is 1. The number of carbonyl (C=O) groups is 1. The molecule has 0 amide bonds. The van der Waals surface area contributed by atoms with Gasteiger partial charge in [-0.05, 0) is 25.0 Å². The molecule has 1 aliphatic heterocycles. The second-order valence-electron chi connectivity index (χ2n) is 5.11. The second-order valence-corrected chi connectivity index (χ2v) is 5.11. The lowest BCUT2D eigenvalue weighted by molar-refractivity contribution is -0.0204. The lowest BCUT2D eigenvalue weighted by Gasteiger charge is -2.36. The number of rotatable bonds is 6. The van der Waals surface area contributed by atoms with Crippen LogP contribution < -0.4 is 5.32 Å². The monoisotopic (exact) mass is 280 g/mol. The van der Waals surface area contributed by atoms with Crippen molar-refractivity contribution in [1.29, 1.82) is 0 Å². The molecule has 2 heterocycles. The minimum absolute atomic E-state index is 0.0217. The minimum atomic E-state index is -1.02. The van der Waals surface area contributed by atoms with E-state index in [0.717, 1.165) is 26.1 Å². The molecule has 0 saturated carbocycles. The number of carboxylic acids is 1. The minimum Gasteiger partial charge on any atom is -0.477 e. The molecule has 6 nitrogen and oxygen atoms in total. The third-order valence-electron chi connectivity index (χ3n) is 3.62. The fourth-order valence-corrected chi connectivity index (χ4v) is 2.41. The highest BCUT2D eigenvalue weighted by molar-refractivity contribution is 5.85. The van der Waals surface area contributed by atoms with Crippen LogP contribution in [0.1, 0.15) is 23.3 Å². The summed E-state index contributed by atoms with van der Waals surface area (Å²) in [5.74, 6) is -0.446. The highest BCUT2D eigenvalue weighted by atomic mass is 16.5. The maximum atomic E-state index is 10.9. The number of aromatic nitrogens is 1. The number of carboxylic acid groups (broad SMARTS) is 1. The number of pyridine rings is 1. The van der Waals surface area contributed by atoms with E-state index in [1.807, 2.05) is 0 Å². The van der Waals surface area contributed by atoms with Gasteiger partial charge in [-0.3, -0.25) is 0 Å². The van der Waals surface area contributed by atoms with E-state index >= 15 is 0 Å². The lowest BCUT2D eigenvalue weighted by Crippen LogP contribution is -2.39. The van der Waals surface area contributed by atoms with E-state index in [0.29, 0.717) is 19.0 Å². The number of nitrogens with one attached hydrogen (secondary N) is 1. The first-order valence-electron chi connectivity index (χ1n) is 6.66. The van der Waals surface area contributed by atoms with Crippen LogP contribution in [0.15, 0.2) is 18.2 Å². The Balaban J connectivity index is 2.01. The molecule has 0 radical (unpaired) electrons. The Morgan fingerprint density at radius 3 is 2.90 bits per heavy atom. The van der Waals surface area contributed by atoms with Gasteiger partial charge >= 0.3 is 5.97 Å². The first kappa shape index (κ1) is 14.7. The van der Waals surface area contributed by atoms with Gasteiger partial charge in [0, 0.05) is 32.3 Å². The molecule has 0 spiro atoms. The molecule has 1 saturated heterocycles. The fraction of sp³-hybridized carbons (Fsp3) is 0.571. The Morgan fingerprint density at radius 2 is 2.25 bits per heavy atom. The summed E-state index contributed by atoms with van der Waals surface area (Å²) in [5.41, 5.74) is 0.0660. The lowest BCUT2D eigenvalue weighted by atomic mass is 9.81. The summed E-state index contributed by atoms with van der Waals surface area (Å²) in [4.78, 5) is 15.0. The topological polar surface area (TPSA) is 80.7 Å². The first-order chi connectivity index (χ1) is 9.65. The Labute approximate surface area is 118 Å². The number of hydrogen-bond donors (Lipinski definition) is 2. The Kier molecular flexibility index (Phi) is 4.92. The molecule has 20 heavy (non-hydrogen) atoms. The third-order valence-corrected chi connectivity index (χ3v) is 3.62. The normalized spacial score (nSPS) is 17.6. The second kappa shape index (κ2) is 6.67. The summed E-state index contributed by atoms with van der Waals surface area (Å²) in [6.07, 6.45) is 1.85. The van der Waals surface area contributed by atoms with Gasteiger partial charge in [0.15, 0.2) is 5.69 Å². The number of anilines is 1. The van der Waals surface area contributed by atoms with Crippen LogP contribution in [0, 0.1) is 5.41 Å². The van der Waals surface area contributed by atoms with Gasteiger partial charge in [-0.25, -0.2) is 9.78 Å². The highest BCUT2D eigenvalue weighted by Gasteiger charge is 2.32. The molecule has 2 rings (SSSR count). The molecule has 110 valence electrons. The number of ether oxygens (including phenoxy) is 2. The molecule has 1 aliphatic rings. The van der Waals surface area contributed by atoms with E-state index in [9.17, 15) is 4.79 Å². The molecule has 0 bridgehead atoms. The van der Waals surface area contributed by atoms with E-state index in [1.165, 1.54) is 6.07 Å². The van der Waals surface area contributed by atoms with Crippen LogP contribution in [0.4, 0.5) is 5.82 Å². The zero-order valence-corrected chi connectivity index (χ0v) is 11.6. The summed E-state index contributed by atoms with van der Waals surface area (Å²) in [7, 11) is 1.69. The summed E-state index contributed by atoms with van der Waals surface area (Å²) in [6.45, 7) is 2.81. The van der Waals surface area contributed by atoms with Crippen molar-refractivity contribution in [3.05, 3.63) is 23.9 Å². The SMILES string of the molecule is COCC1(CNc2cccc(C(=O)O)n2)CCOCC1. The van der Waals surface area contributed by atoms with Crippen molar-refractivity contribution in [3.63, 3.8) is 0 Å². The van der Waals surface area contributed by atoms with Crippen LogP contribution in [0.25, 0.3) is 0 Å². The van der Waals surface area contributed by atoms with Gasteiger partial charge in [0.05, 0.1) is 6.61 Å². The standard InChI is InChI=1S/C14H20N2O4/c1-19-10-14(5-7-20-8-6-14)9-15-12-4-2-3-11(16-12)13(17)18/h2-4H,5-10H2,1H3,(H,15,16)(H,17,18). The largest absolute Gasteiger partial charge is 0.477 e. The molecule has 0 unspecified atom stereocenters. The molecule has 0 aromatic carbocycles. The van der Waals surface area contributed by atoms with E-state index in [2.05, 4.69) is 10.3 Å². The van der Waals surface area contributed by atoms with Gasteiger partial charge in [-0.15, -0.1) is 0 Å². The molecule has 6 heteroatoms. The average Bonchev–Trinajstić information content (AvgIpc) is 2.47. The van der Waals surface area contributed by atoms with Crippen LogP contribution in [0.5, 0.6) is 0 Å². The van der Waals surface area contributed by atoms with Crippen molar-refractivity contribution in [2.24, 2.45) is 5.41 Å². The summed E-state index contributed by atoms with van der Waals surface area (Å²) < 4.78 is 10.7. The zero-order chi connectivity index (χ0) is 14.4. The van der Waals surface area contributed by atoms with E-state index in [1.54, 1.807) is 19.2 Å². The van der Waals surface area contributed by atoms with Crippen LogP contribution in [0.2, 0.25) is 0 Å². The fourth-order valence-electron chi connectivity index (χ4n) is 2.41. The molecule has 0 aliphatic carbocycles. The van der Waals surface area contributed by atoms with E-state index in [-0.39, 0.29) is 11.1 Å². The molecular weight excluding hydrogens is 260 g/mol. The predicted octanol–water partition coefficient (Wildman–Crippen LogP) is 1.63. The molecule has 1 aromatic heterocycles. The third kappa shape index (κ3) is 3.68. The number of nitrogens with zero attached hydrogens (tertiary/aromatic N) is 1. The summed E-state index contributed by atoms with van der Waals surface area (Å²) in [6, 6.07) is 4.94. The van der Waals surface area contributed by atoms with Crippen LogP contribution in [0.3, 0.4) is 0 Å². The molecule has 2 N–H and O–H groups in total. The quantitative estimate of drug-likeness (QED) is 0.824. The zero-order valence-electron chi connectivity index (χ0n) is 11.6. The van der Waals surface area contributed by atoms with Crippen LogP contribution in [-0.4, -0.2) is 49.5 Å². The van der Waals surface area contributed by atoms with Crippen molar-refractivity contribution in [2.75, 3.05) is 38.8 Å². The van der Waals surface area contributed by atoms with Gasteiger partial charge < -0.3 is 19.9 Å². The van der Waals surface area contributed by atoms with Crippen molar-refractivity contribution in [2.45, 2.75) is 12.8 Å². The Bertz CT molecular complexity index is 453. The highest BCUT2D eigenvalue weighted by Crippen LogP contribution is 2.31. The van der Waals surface area contributed by atoms with E-state index < -0.39 is 5.97 Å². The van der Waals surface area contributed by atoms with Crippen LogP contribution in [-0.2, 0) is 9.47 Å². The smallest absolute Gasteiger partial charge is 0.354 e. The van der Waals surface area contributed by atoms with Crippen molar-refractivity contribution >= 4 is 11.8 Å². The maximum absolute atomic E-state index is 10.9. The Hall–Kier alpha value is -1.66. The average molecular weight is 280 g/mol. The van der Waals surface area contributed by atoms with Crippen molar-refractivity contribution < 1.29 is 19.4 Å². The first-order valence-corrected chi connectivity index (χ1v) is 6.66. The molecule has 1 fully saturated rings. The van der Waals surface area contributed by atoms with Gasteiger partial charge in [-0.1, -0.05) is 6.07 Å². The Morgan fingerprint density at radius 1 is 1.50 bits per heavy atom. The van der Waals surface area contributed by atoms with Crippen molar-refractivity contribution in [1.82, 2.24) is 4.98 Å². The van der Waals surface area contributed by atoms with Crippen LogP contribution >= 0.6 is 0 Å². The number of hydrogen-bond acceptors (Lipinski definition) is 5. The van der Waals surface area contributed by atoms with Crippen molar-refractivity contribution in [3.8, 4) is 0 Å². The summed E-state index contributed by atoms with van der Waals surface area (Å²) in [5, 5.41) is 12.2. The molecule has 0 atom stereocenters. The van der Waals surface area contributed by atoms with E-state index in [4.69, 9.17) is 14.6 Å². The van der Waals surface area contributed by atoms with Gasteiger partial charge in [0.25, 0.3) is 0 Å². The van der Waals surface area contributed by atoms with Gasteiger partial charge in [0.1, 0.15) is 5.82 Å². The predicted molar refractivity (Wildman–Crippen MR) is 74.0 cm³/mol. The number of methoxy groups -OCH3 is 1. The molecular formula is C14H20N2O4. The molecule has 1 aromatic rings. The maximum Gasteiger partial charge on any atom is 0.354 e. The summed E-state index contributed by atoms with van der Waals surface area (Å²) >= 11 is 0.